The summed E-state index contributed by atoms with van der Waals surface area (Å²) in [5.41, 5.74) is 3.55. The molecule has 1 aromatic heterocycles. The fraction of sp³-hybridized carbons (Fsp3) is 0.400. The standard InChI is InChI=1S/C20H26N4O/c1-3-17-8-6-7-16(2)20(17)22-15-19(25)24-13-11-23(12-14-24)18-9-4-5-10-21-18/h4-10,22H,3,11-15H2,1-2H3. The van der Waals surface area contributed by atoms with Gasteiger partial charge in [0.15, 0.2) is 0 Å². The van der Waals surface area contributed by atoms with Gasteiger partial charge in [-0.3, -0.25) is 4.79 Å². The van der Waals surface area contributed by atoms with E-state index in [1.165, 1.54) is 11.1 Å². The molecule has 1 fully saturated rings. The van der Waals surface area contributed by atoms with E-state index in [2.05, 4.69) is 47.2 Å². The van der Waals surface area contributed by atoms with Crippen molar-refractivity contribution < 1.29 is 4.79 Å². The molecule has 0 bridgehead atoms. The van der Waals surface area contributed by atoms with Crippen LogP contribution in [0.4, 0.5) is 11.5 Å². The van der Waals surface area contributed by atoms with Gasteiger partial charge in [0.1, 0.15) is 5.82 Å². The maximum atomic E-state index is 12.6. The Labute approximate surface area is 149 Å². The van der Waals surface area contributed by atoms with Crippen molar-refractivity contribution in [3.05, 3.63) is 53.7 Å². The summed E-state index contributed by atoms with van der Waals surface area (Å²) >= 11 is 0. The van der Waals surface area contributed by atoms with Crippen LogP contribution in [0.15, 0.2) is 42.6 Å². The highest BCUT2D eigenvalue weighted by molar-refractivity contribution is 5.81. The summed E-state index contributed by atoms with van der Waals surface area (Å²) in [7, 11) is 0. The normalized spacial score (nSPS) is 14.5. The second-order valence-corrected chi connectivity index (χ2v) is 6.37. The predicted molar refractivity (Wildman–Crippen MR) is 102 cm³/mol. The number of piperazine rings is 1. The van der Waals surface area contributed by atoms with E-state index in [9.17, 15) is 4.79 Å². The van der Waals surface area contributed by atoms with E-state index in [1.54, 1.807) is 0 Å². The van der Waals surface area contributed by atoms with Crippen molar-refractivity contribution in [3.8, 4) is 0 Å². The molecule has 1 aliphatic heterocycles. The smallest absolute Gasteiger partial charge is 0.241 e. The van der Waals surface area contributed by atoms with E-state index in [0.717, 1.165) is 44.1 Å². The Morgan fingerprint density at radius 1 is 1.12 bits per heavy atom. The molecule has 5 heteroatoms. The van der Waals surface area contributed by atoms with E-state index in [4.69, 9.17) is 0 Å². The van der Waals surface area contributed by atoms with E-state index in [-0.39, 0.29) is 5.91 Å². The first-order valence-corrected chi connectivity index (χ1v) is 8.95. The summed E-state index contributed by atoms with van der Waals surface area (Å²) in [6.07, 6.45) is 2.77. The first-order chi connectivity index (χ1) is 12.2. The van der Waals surface area contributed by atoms with Crippen molar-refractivity contribution in [1.82, 2.24) is 9.88 Å². The first kappa shape index (κ1) is 17.3. The number of amides is 1. The second kappa shape index (κ2) is 8.01. The lowest BCUT2D eigenvalue weighted by atomic mass is 10.1. The molecule has 2 heterocycles. The van der Waals surface area contributed by atoms with Gasteiger partial charge < -0.3 is 15.1 Å². The number of aromatic nitrogens is 1. The molecule has 0 radical (unpaired) electrons. The molecule has 0 aliphatic carbocycles. The topological polar surface area (TPSA) is 48.5 Å². The highest BCUT2D eigenvalue weighted by Gasteiger charge is 2.21. The van der Waals surface area contributed by atoms with Crippen LogP contribution in [0.3, 0.4) is 0 Å². The molecule has 0 saturated carbocycles. The fourth-order valence-electron chi connectivity index (χ4n) is 3.28. The lowest BCUT2D eigenvalue weighted by molar-refractivity contribution is -0.129. The van der Waals surface area contributed by atoms with Gasteiger partial charge in [-0.2, -0.15) is 0 Å². The molecule has 5 nitrogen and oxygen atoms in total. The zero-order valence-corrected chi connectivity index (χ0v) is 15.0. The minimum atomic E-state index is 0.158. The van der Waals surface area contributed by atoms with Crippen molar-refractivity contribution >= 4 is 17.4 Å². The average molecular weight is 338 g/mol. The van der Waals surface area contributed by atoms with Crippen LogP contribution in [0.1, 0.15) is 18.1 Å². The molecule has 1 N–H and O–H groups in total. The SMILES string of the molecule is CCc1cccc(C)c1NCC(=O)N1CCN(c2ccccn2)CC1. The Hall–Kier alpha value is -2.56. The van der Waals surface area contributed by atoms with Crippen LogP contribution in [-0.2, 0) is 11.2 Å². The van der Waals surface area contributed by atoms with Gasteiger partial charge in [-0.1, -0.05) is 31.2 Å². The number of carbonyl (C=O) groups is 1. The highest BCUT2D eigenvalue weighted by Crippen LogP contribution is 2.21. The van der Waals surface area contributed by atoms with E-state index < -0.39 is 0 Å². The molecule has 25 heavy (non-hydrogen) atoms. The monoisotopic (exact) mass is 338 g/mol. The molecular weight excluding hydrogens is 312 g/mol. The van der Waals surface area contributed by atoms with Gasteiger partial charge >= 0.3 is 0 Å². The summed E-state index contributed by atoms with van der Waals surface area (Å²) in [6.45, 7) is 7.70. The lowest BCUT2D eigenvalue weighted by Gasteiger charge is -2.35. The van der Waals surface area contributed by atoms with Crippen LogP contribution < -0.4 is 10.2 Å². The number of hydrogen-bond acceptors (Lipinski definition) is 4. The van der Waals surface area contributed by atoms with Crippen molar-refractivity contribution in [3.63, 3.8) is 0 Å². The minimum absolute atomic E-state index is 0.158. The number of rotatable bonds is 5. The molecule has 132 valence electrons. The molecule has 1 aliphatic rings. The molecule has 1 amide bonds. The van der Waals surface area contributed by atoms with E-state index in [0.29, 0.717) is 6.54 Å². The number of hydrogen-bond donors (Lipinski definition) is 1. The quantitative estimate of drug-likeness (QED) is 0.911. The third kappa shape index (κ3) is 4.10. The minimum Gasteiger partial charge on any atom is -0.376 e. The van der Waals surface area contributed by atoms with Crippen molar-refractivity contribution in [2.45, 2.75) is 20.3 Å². The van der Waals surface area contributed by atoms with E-state index >= 15 is 0 Å². The van der Waals surface area contributed by atoms with Crippen LogP contribution in [0.25, 0.3) is 0 Å². The zero-order valence-electron chi connectivity index (χ0n) is 15.0. The molecule has 0 atom stereocenters. The number of pyridine rings is 1. The van der Waals surface area contributed by atoms with Gasteiger partial charge in [0.2, 0.25) is 5.91 Å². The number of nitrogens with one attached hydrogen (secondary N) is 1. The third-order valence-electron chi connectivity index (χ3n) is 4.76. The molecule has 0 unspecified atom stereocenters. The maximum Gasteiger partial charge on any atom is 0.241 e. The van der Waals surface area contributed by atoms with Gasteiger partial charge in [-0.15, -0.1) is 0 Å². The van der Waals surface area contributed by atoms with Crippen molar-refractivity contribution in [2.24, 2.45) is 0 Å². The number of nitrogens with zero attached hydrogens (tertiary/aromatic N) is 3. The Bertz CT molecular complexity index is 709. The molecular formula is C20H26N4O. The zero-order chi connectivity index (χ0) is 17.6. The Morgan fingerprint density at radius 3 is 2.60 bits per heavy atom. The number of benzene rings is 1. The Morgan fingerprint density at radius 2 is 1.92 bits per heavy atom. The molecule has 1 saturated heterocycles. The fourth-order valence-corrected chi connectivity index (χ4v) is 3.28. The number of carbonyl (C=O) groups excluding carboxylic acids is 1. The van der Waals surface area contributed by atoms with E-state index in [1.807, 2.05) is 29.3 Å². The Balaban J connectivity index is 1.54. The highest BCUT2D eigenvalue weighted by atomic mass is 16.2. The summed E-state index contributed by atoms with van der Waals surface area (Å²) in [6, 6.07) is 12.2. The number of anilines is 2. The predicted octanol–water partition coefficient (Wildman–Crippen LogP) is 2.71. The second-order valence-electron chi connectivity index (χ2n) is 6.37. The summed E-state index contributed by atoms with van der Waals surface area (Å²) < 4.78 is 0. The third-order valence-corrected chi connectivity index (χ3v) is 4.76. The van der Waals surface area contributed by atoms with Crippen molar-refractivity contribution in [2.75, 3.05) is 42.9 Å². The largest absolute Gasteiger partial charge is 0.376 e. The summed E-state index contributed by atoms with van der Waals surface area (Å²) in [5.74, 6) is 1.14. The average Bonchev–Trinajstić information content (AvgIpc) is 2.67. The molecule has 3 rings (SSSR count). The molecule has 0 spiro atoms. The van der Waals surface area contributed by atoms with Gasteiger partial charge in [-0.25, -0.2) is 4.98 Å². The number of aryl methyl sites for hydroxylation is 2. The first-order valence-electron chi connectivity index (χ1n) is 8.95. The van der Waals surface area contributed by atoms with Crippen LogP contribution in [0.5, 0.6) is 0 Å². The van der Waals surface area contributed by atoms with Crippen LogP contribution in [-0.4, -0.2) is 48.5 Å². The van der Waals surface area contributed by atoms with Gasteiger partial charge in [-0.05, 0) is 36.6 Å². The molecule has 2 aromatic rings. The summed E-state index contributed by atoms with van der Waals surface area (Å²) in [4.78, 5) is 21.1. The lowest BCUT2D eigenvalue weighted by Crippen LogP contribution is -2.50. The van der Waals surface area contributed by atoms with Crippen LogP contribution in [0, 0.1) is 6.92 Å². The van der Waals surface area contributed by atoms with Crippen LogP contribution >= 0.6 is 0 Å². The van der Waals surface area contributed by atoms with Gasteiger partial charge in [0, 0.05) is 38.1 Å². The maximum absolute atomic E-state index is 12.6. The van der Waals surface area contributed by atoms with Crippen molar-refractivity contribution in [1.29, 1.82) is 0 Å². The number of para-hydroxylation sites is 1. The summed E-state index contributed by atoms with van der Waals surface area (Å²) in [5, 5.41) is 3.36. The van der Waals surface area contributed by atoms with Gasteiger partial charge in [0.25, 0.3) is 0 Å². The van der Waals surface area contributed by atoms with Crippen LogP contribution in [0.2, 0.25) is 0 Å². The molecule has 1 aromatic carbocycles. The van der Waals surface area contributed by atoms with Gasteiger partial charge in [0.05, 0.1) is 6.54 Å². The Kier molecular flexibility index (Phi) is 5.53.